The molecule has 0 aliphatic carbocycles. The number of esters is 2. The number of ether oxygens (including phenoxy) is 2. The Morgan fingerprint density at radius 2 is 1.74 bits per heavy atom. The second-order valence-electron chi connectivity index (χ2n) is 7.91. The van der Waals surface area contributed by atoms with Gasteiger partial charge in [0.15, 0.2) is 6.61 Å². The molecule has 2 aromatic rings. The Labute approximate surface area is 211 Å². The minimum atomic E-state index is -0.693. The van der Waals surface area contributed by atoms with Gasteiger partial charge >= 0.3 is 11.9 Å². The standard InChI is InChI=1S/C24H26BrClN2O6/c1-14(2)12-34-24(32)16-5-4-6-17(10-16)27-21(29)7-8-23(31)33-13-22(30)28-20-11-19(26)18(25)9-15(20)3/h4-6,9-11,14H,7-8,12-13H2,1-3H3,(H,27,29)(H,28,30). The first kappa shape index (κ1) is 27.3. The molecule has 2 aromatic carbocycles. The van der Waals surface area contributed by atoms with Gasteiger partial charge in [0.1, 0.15) is 0 Å². The van der Waals surface area contributed by atoms with Crippen LogP contribution in [0.5, 0.6) is 0 Å². The van der Waals surface area contributed by atoms with Crippen LogP contribution in [0.3, 0.4) is 0 Å². The van der Waals surface area contributed by atoms with E-state index in [2.05, 4.69) is 26.6 Å². The highest BCUT2D eigenvalue weighted by molar-refractivity contribution is 9.10. The first-order valence-electron chi connectivity index (χ1n) is 10.5. The summed E-state index contributed by atoms with van der Waals surface area (Å²) in [5, 5.41) is 5.68. The molecule has 0 saturated carbocycles. The normalized spacial score (nSPS) is 10.5. The fourth-order valence-corrected chi connectivity index (χ4v) is 3.30. The number of amides is 2. The maximum absolute atomic E-state index is 12.2. The quantitative estimate of drug-likeness (QED) is 0.395. The van der Waals surface area contributed by atoms with E-state index in [0.717, 1.165) is 5.56 Å². The van der Waals surface area contributed by atoms with Gasteiger partial charge in [0.05, 0.1) is 23.6 Å². The lowest BCUT2D eigenvalue weighted by atomic mass is 10.2. The second kappa shape index (κ2) is 13.1. The summed E-state index contributed by atoms with van der Waals surface area (Å²) in [6, 6.07) is 9.67. The van der Waals surface area contributed by atoms with Crippen molar-refractivity contribution in [1.82, 2.24) is 0 Å². The van der Waals surface area contributed by atoms with Gasteiger partial charge in [-0.1, -0.05) is 31.5 Å². The van der Waals surface area contributed by atoms with E-state index >= 15 is 0 Å². The van der Waals surface area contributed by atoms with Crippen LogP contribution in [-0.4, -0.2) is 37.0 Å². The molecular weight excluding hydrogens is 528 g/mol. The van der Waals surface area contributed by atoms with Crippen LogP contribution in [0.4, 0.5) is 11.4 Å². The summed E-state index contributed by atoms with van der Waals surface area (Å²) in [7, 11) is 0. The Kier molecular flexibility index (Phi) is 10.5. The van der Waals surface area contributed by atoms with Gasteiger partial charge in [-0.2, -0.15) is 0 Å². The van der Waals surface area contributed by atoms with Crippen LogP contribution >= 0.6 is 27.5 Å². The molecule has 0 fully saturated rings. The minimum absolute atomic E-state index is 0.149. The molecular formula is C24H26BrClN2O6. The van der Waals surface area contributed by atoms with Crippen LogP contribution in [0.25, 0.3) is 0 Å². The number of hydrogen-bond acceptors (Lipinski definition) is 6. The molecule has 0 atom stereocenters. The summed E-state index contributed by atoms with van der Waals surface area (Å²) < 4.78 is 10.8. The Morgan fingerprint density at radius 1 is 1.00 bits per heavy atom. The molecule has 2 rings (SSSR count). The maximum Gasteiger partial charge on any atom is 0.338 e. The van der Waals surface area contributed by atoms with Gasteiger partial charge in [-0.3, -0.25) is 14.4 Å². The Bertz CT molecular complexity index is 1070. The van der Waals surface area contributed by atoms with Crippen molar-refractivity contribution in [3.8, 4) is 0 Å². The Balaban J connectivity index is 1.76. The number of rotatable bonds is 10. The van der Waals surface area contributed by atoms with E-state index in [1.807, 2.05) is 13.8 Å². The van der Waals surface area contributed by atoms with Crippen molar-refractivity contribution in [2.45, 2.75) is 33.6 Å². The highest BCUT2D eigenvalue weighted by atomic mass is 79.9. The van der Waals surface area contributed by atoms with Crippen LogP contribution in [0.1, 0.15) is 42.6 Å². The number of carbonyl (C=O) groups excluding carboxylic acids is 4. The zero-order valence-corrected chi connectivity index (χ0v) is 21.4. The topological polar surface area (TPSA) is 111 Å². The zero-order chi connectivity index (χ0) is 25.3. The number of nitrogens with one attached hydrogen (secondary N) is 2. The van der Waals surface area contributed by atoms with E-state index < -0.39 is 30.4 Å². The molecule has 2 amide bonds. The summed E-state index contributed by atoms with van der Waals surface area (Å²) in [4.78, 5) is 48.2. The van der Waals surface area contributed by atoms with Gasteiger partial charge in [-0.05, 0) is 64.7 Å². The van der Waals surface area contributed by atoms with E-state index in [4.69, 9.17) is 21.1 Å². The molecule has 34 heavy (non-hydrogen) atoms. The molecule has 0 spiro atoms. The average Bonchev–Trinajstić information content (AvgIpc) is 2.78. The lowest BCUT2D eigenvalue weighted by Crippen LogP contribution is -2.22. The number of carbonyl (C=O) groups is 4. The number of anilines is 2. The van der Waals surface area contributed by atoms with Crippen molar-refractivity contribution in [2.75, 3.05) is 23.8 Å². The third kappa shape index (κ3) is 9.15. The molecule has 0 aliphatic rings. The summed E-state index contributed by atoms with van der Waals surface area (Å²) in [5.74, 6) is -1.93. The fourth-order valence-electron chi connectivity index (χ4n) is 2.67. The summed E-state index contributed by atoms with van der Waals surface area (Å²) in [6.07, 6.45) is -0.359. The van der Waals surface area contributed by atoms with Crippen molar-refractivity contribution < 1.29 is 28.7 Å². The van der Waals surface area contributed by atoms with E-state index in [9.17, 15) is 19.2 Å². The van der Waals surface area contributed by atoms with Crippen LogP contribution in [0.2, 0.25) is 5.02 Å². The summed E-state index contributed by atoms with van der Waals surface area (Å²) in [6.45, 7) is 5.47. The first-order valence-corrected chi connectivity index (χ1v) is 11.7. The molecule has 0 bridgehead atoms. The monoisotopic (exact) mass is 552 g/mol. The Morgan fingerprint density at radius 3 is 2.44 bits per heavy atom. The SMILES string of the molecule is Cc1cc(Br)c(Cl)cc1NC(=O)COC(=O)CCC(=O)Nc1cccc(C(=O)OCC(C)C)c1. The van der Waals surface area contributed by atoms with Crippen molar-refractivity contribution in [3.63, 3.8) is 0 Å². The van der Waals surface area contributed by atoms with E-state index in [1.165, 1.54) is 6.07 Å². The van der Waals surface area contributed by atoms with Crippen molar-refractivity contribution in [1.29, 1.82) is 0 Å². The maximum atomic E-state index is 12.2. The Hall–Kier alpha value is -2.91. The van der Waals surface area contributed by atoms with Gasteiger partial charge in [-0.15, -0.1) is 0 Å². The highest BCUT2D eigenvalue weighted by Crippen LogP contribution is 2.28. The van der Waals surface area contributed by atoms with Crippen molar-refractivity contribution >= 4 is 62.7 Å². The number of aryl methyl sites for hydroxylation is 1. The molecule has 0 unspecified atom stereocenters. The summed E-state index contributed by atoms with van der Waals surface area (Å²) >= 11 is 9.33. The molecule has 0 saturated heterocycles. The second-order valence-corrected chi connectivity index (χ2v) is 9.17. The lowest BCUT2D eigenvalue weighted by molar-refractivity contribution is -0.147. The first-order chi connectivity index (χ1) is 16.0. The van der Waals surface area contributed by atoms with Gasteiger partial charge in [-0.25, -0.2) is 4.79 Å². The van der Waals surface area contributed by atoms with Crippen LogP contribution in [0, 0.1) is 12.8 Å². The smallest absolute Gasteiger partial charge is 0.338 e. The molecule has 0 radical (unpaired) electrons. The average molecular weight is 554 g/mol. The largest absolute Gasteiger partial charge is 0.462 e. The van der Waals surface area contributed by atoms with E-state index in [-0.39, 0.29) is 18.8 Å². The van der Waals surface area contributed by atoms with Gasteiger partial charge in [0.2, 0.25) is 5.91 Å². The lowest BCUT2D eigenvalue weighted by Gasteiger charge is -2.11. The molecule has 10 heteroatoms. The molecule has 0 aromatic heterocycles. The molecule has 182 valence electrons. The van der Waals surface area contributed by atoms with Crippen molar-refractivity contribution in [2.24, 2.45) is 5.92 Å². The van der Waals surface area contributed by atoms with E-state index in [1.54, 1.807) is 37.3 Å². The van der Waals surface area contributed by atoms with Crippen molar-refractivity contribution in [3.05, 3.63) is 57.0 Å². The molecule has 2 N–H and O–H groups in total. The number of halogens is 2. The molecule has 8 nitrogen and oxygen atoms in total. The van der Waals surface area contributed by atoms with Crippen LogP contribution in [0.15, 0.2) is 40.9 Å². The summed E-state index contributed by atoms with van der Waals surface area (Å²) in [5.41, 5.74) is 2.00. The van der Waals surface area contributed by atoms with E-state index in [0.29, 0.717) is 33.0 Å². The van der Waals surface area contributed by atoms with Crippen LogP contribution in [-0.2, 0) is 23.9 Å². The zero-order valence-electron chi connectivity index (χ0n) is 19.1. The van der Waals surface area contributed by atoms with Gasteiger partial charge in [0, 0.05) is 22.3 Å². The third-order valence-corrected chi connectivity index (χ3v) is 5.59. The van der Waals surface area contributed by atoms with Gasteiger partial charge < -0.3 is 20.1 Å². The number of benzene rings is 2. The highest BCUT2D eigenvalue weighted by Gasteiger charge is 2.14. The third-order valence-electron chi connectivity index (χ3n) is 4.39. The number of hydrogen-bond donors (Lipinski definition) is 2. The molecule has 0 aliphatic heterocycles. The fraction of sp³-hybridized carbons (Fsp3) is 0.333. The predicted molar refractivity (Wildman–Crippen MR) is 133 cm³/mol. The van der Waals surface area contributed by atoms with Crippen LogP contribution < -0.4 is 10.6 Å². The minimum Gasteiger partial charge on any atom is -0.462 e. The predicted octanol–water partition coefficient (Wildman–Crippen LogP) is 5.12. The van der Waals surface area contributed by atoms with Gasteiger partial charge in [0.25, 0.3) is 5.91 Å². The molecule has 0 heterocycles.